The second kappa shape index (κ2) is 8.54. The Balaban J connectivity index is 0.000000215. The number of hydrogen-bond donors (Lipinski definition) is 1. The largest absolute Gasteiger partial charge is 0.481 e. The minimum Gasteiger partial charge on any atom is -0.481 e. The molecule has 0 saturated carbocycles. The number of halogens is 3. The van der Waals surface area contributed by atoms with Crippen molar-refractivity contribution in [2.24, 2.45) is 0 Å². The lowest BCUT2D eigenvalue weighted by atomic mass is 10.2. The fourth-order valence-electron chi connectivity index (χ4n) is 2.12. The lowest BCUT2D eigenvalue weighted by molar-refractivity contribution is -0.140. The normalized spacial score (nSPS) is 11.6. The molecule has 0 atom stereocenters. The number of methoxy groups -OCH3 is 3. The Morgan fingerprint density at radius 3 is 2.30 bits per heavy atom. The van der Waals surface area contributed by atoms with Crippen molar-refractivity contribution in [3.05, 3.63) is 29.6 Å². The van der Waals surface area contributed by atoms with Crippen molar-refractivity contribution in [1.29, 1.82) is 0 Å². The Morgan fingerprint density at radius 2 is 1.80 bits per heavy atom. The zero-order valence-corrected chi connectivity index (χ0v) is 16.3. The summed E-state index contributed by atoms with van der Waals surface area (Å²) in [5.41, 5.74) is 5.72. The van der Waals surface area contributed by atoms with Crippen LogP contribution in [0.4, 0.5) is 19.1 Å². The van der Waals surface area contributed by atoms with Gasteiger partial charge in [-0.3, -0.25) is 9.65 Å². The lowest BCUT2D eigenvalue weighted by Gasteiger charge is -2.12. The van der Waals surface area contributed by atoms with Crippen LogP contribution in [0.3, 0.4) is 0 Å². The summed E-state index contributed by atoms with van der Waals surface area (Å²) < 4.78 is 83.3. The van der Waals surface area contributed by atoms with Gasteiger partial charge >= 0.3 is 16.3 Å². The van der Waals surface area contributed by atoms with E-state index in [9.17, 15) is 21.6 Å². The summed E-state index contributed by atoms with van der Waals surface area (Å²) in [7, 11) is -1.13. The van der Waals surface area contributed by atoms with Crippen LogP contribution >= 0.6 is 0 Å². The van der Waals surface area contributed by atoms with Gasteiger partial charge in [-0.05, 0) is 6.07 Å². The van der Waals surface area contributed by atoms with Crippen LogP contribution in [-0.4, -0.2) is 58.9 Å². The quantitative estimate of drug-likeness (QED) is 0.582. The van der Waals surface area contributed by atoms with Crippen molar-refractivity contribution < 1.29 is 40.4 Å². The standard InChI is InChI=1S/C7H6F3NO4S.C7H8N5O2/c1-15-6-5(16(12,13)14)4(2-3-11-6)7(8,9)10;1-13-4-3-5(14-2)12-7(9-4)10-6(8)11-12/h2-3H,1H3,(H,12,13,14);3H,1-2H3,(H-,8,11)/q;-1. The van der Waals surface area contributed by atoms with Crippen molar-refractivity contribution in [2.45, 2.75) is 11.1 Å². The smallest absolute Gasteiger partial charge is 0.418 e. The first kappa shape index (κ1) is 22.9. The van der Waals surface area contributed by atoms with E-state index in [0.29, 0.717) is 17.8 Å². The van der Waals surface area contributed by atoms with Crippen LogP contribution in [0, 0.1) is 0 Å². The molecule has 0 spiro atoms. The maximum Gasteiger partial charge on any atom is 0.418 e. The van der Waals surface area contributed by atoms with Crippen molar-refractivity contribution in [3.8, 4) is 17.6 Å². The van der Waals surface area contributed by atoms with Crippen LogP contribution in [0.25, 0.3) is 11.5 Å². The lowest BCUT2D eigenvalue weighted by Crippen LogP contribution is -2.14. The molecule has 3 heterocycles. The highest BCUT2D eigenvalue weighted by Gasteiger charge is 2.39. The Bertz CT molecular complexity index is 1150. The summed E-state index contributed by atoms with van der Waals surface area (Å²) in [5.74, 6) is 0.173. The molecule has 0 aromatic carbocycles. The molecule has 0 amide bonds. The maximum absolute atomic E-state index is 12.4. The average Bonchev–Trinajstić information content (AvgIpc) is 3.05. The topological polar surface area (TPSA) is 162 Å². The van der Waals surface area contributed by atoms with E-state index in [-0.39, 0.29) is 11.7 Å². The second-order valence-corrected chi connectivity index (χ2v) is 6.52. The highest BCUT2D eigenvalue weighted by atomic mass is 32.2. The molecule has 16 heteroatoms. The highest BCUT2D eigenvalue weighted by molar-refractivity contribution is 7.86. The van der Waals surface area contributed by atoms with Gasteiger partial charge in [-0.1, -0.05) is 0 Å². The van der Waals surface area contributed by atoms with E-state index in [4.69, 9.17) is 19.8 Å². The van der Waals surface area contributed by atoms with Crippen LogP contribution in [0.15, 0.2) is 23.2 Å². The molecule has 0 aliphatic heterocycles. The van der Waals surface area contributed by atoms with Gasteiger partial charge in [-0.15, -0.1) is 0 Å². The SMILES string of the molecule is COc1cc(OC)n2nc([NH-])nc2n1.COc1nccc(C(F)(F)F)c1S(=O)(=O)O. The molecule has 0 aliphatic carbocycles. The van der Waals surface area contributed by atoms with E-state index >= 15 is 0 Å². The third kappa shape index (κ3) is 4.95. The fraction of sp³-hybridized carbons (Fsp3) is 0.286. The van der Waals surface area contributed by atoms with Crippen molar-refractivity contribution in [2.75, 3.05) is 21.3 Å². The van der Waals surface area contributed by atoms with Crippen LogP contribution in [0.1, 0.15) is 5.56 Å². The highest BCUT2D eigenvalue weighted by Crippen LogP contribution is 2.37. The van der Waals surface area contributed by atoms with E-state index in [1.165, 1.54) is 18.7 Å². The summed E-state index contributed by atoms with van der Waals surface area (Å²) in [6, 6.07) is 2.01. The molecule has 12 nitrogen and oxygen atoms in total. The molecular weight excluding hydrogens is 437 g/mol. The molecule has 0 fully saturated rings. The number of alkyl halides is 3. The number of aromatic nitrogens is 5. The minimum atomic E-state index is -5.07. The zero-order valence-electron chi connectivity index (χ0n) is 15.5. The average molecular weight is 451 g/mol. The first-order valence-electron chi connectivity index (χ1n) is 7.57. The summed E-state index contributed by atoms with van der Waals surface area (Å²) in [6.07, 6.45) is -4.20. The van der Waals surface area contributed by atoms with Gasteiger partial charge < -0.3 is 24.9 Å². The third-order valence-corrected chi connectivity index (χ3v) is 4.21. The monoisotopic (exact) mass is 451 g/mol. The molecule has 30 heavy (non-hydrogen) atoms. The molecule has 164 valence electrons. The first-order valence-corrected chi connectivity index (χ1v) is 9.01. The molecule has 0 bridgehead atoms. The molecule has 0 radical (unpaired) electrons. The summed E-state index contributed by atoms with van der Waals surface area (Å²) in [5, 5.41) is 3.79. The van der Waals surface area contributed by atoms with E-state index in [1.54, 1.807) is 6.07 Å². The number of rotatable bonds is 4. The maximum atomic E-state index is 12.4. The van der Waals surface area contributed by atoms with Gasteiger partial charge in [0.2, 0.25) is 17.6 Å². The van der Waals surface area contributed by atoms with E-state index in [0.717, 1.165) is 13.3 Å². The Labute approximate surface area is 167 Å². The molecule has 2 N–H and O–H groups in total. The van der Waals surface area contributed by atoms with Gasteiger partial charge in [0.15, 0.2) is 10.7 Å². The fourth-order valence-corrected chi connectivity index (χ4v) is 2.94. The zero-order chi connectivity index (χ0) is 22.7. The van der Waals surface area contributed by atoms with Crippen LogP contribution in [0.2, 0.25) is 0 Å². The van der Waals surface area contributed by atoms with Crippen LogP contribution < -0.4 is 14.2 Å². The molecule has 0 aliphatic rings. The van der Waals surface area contributed by atoms with Gasteiger partial charge in [-0.25, -0.2) is 9.50 Å². The van der Waals surface area contributed by atoms with Crippen molar-refractivity contribution in [1.82, 2.24) is 24.6 Å². The molecule has 3 aromatic heterocycles. The molecular formula is C14H14F3N6O6S-. The molecule has 0 saturated heterocycles. The summed E-state index contributed by atoms with van der Waals surface area (Å²) in [4.78, 5) is 9.66. The number of hydrogen-bond acceptors (Lipinski definition) is 9. The van der Waals surface area contributed by atoms with Crippen LogP contribution in [-0.2, 0) is 16.3 Å². The summed E-state index contributed by atoms with van der Waals surface area (Å²) in [6.45, 7) is 0. The number of ether oxygens (including phenoxy) is 3. The molecule has 3 aromatic rings. The Kier molecular flexibility index (Phi) is 6.51. The minimum absolute atomic E-state index is 0.107. The van der Waals surface area contributed by atoms with Gasteiger partial charge in [0.05, 0.1) is 33.0 Å². The van der Waals surface area contributed by atoms with Gasteiger partial charge in [0.1, 0.15) is 0 Å². The van der Waals surface area contributed by atoms with Crippen molar-refractivity contribution >= 4 is 21.8 Å². The van der Waals surface area contributed by atoms with E-state index in [1.807, 2.05) is 0 Å². The predicted octanol–water partition coefficient (Wildman–Crippen LogP) is 2.18. The molecule has 0 unspecified atom stereocenters. The van der Waals surface area contributed by atoms with E-state index in [2.05, 4.69) is 24.8 Å². The molecule has 3 rings (SSSR count). The number of fused-ring (bicyclic) bond motifs is 1. The van der Waals surface area contributed by atoms with Gasteiger partial charge in [-0.2, -0.15) is 26.6 Å². The summed E-state index contributed by atoms with van der Waals surface area (Å²) >= 11 is 0. The number of nitrogens with zero attached hydrogens (tertiary/aromatic N) is 5. The van der Waals surface area contributed by atoms with E-state index < -0.39 is 32.6 Å². The Morgan fingerprint density at radius 1 is 1.13 bits per heavy atom. The second-order valence-electron chi connectivity index (χ2n) is 5.16. The number of pyridine rings is 1. The van der Waals surface area contributed by atoms with Gasteiger partial charge in [0, 0.05) is 12.1 Å². The Hall–Kier alpha value is -3.40. The third-order valence-electron chi connectivity index (χ3n) is 3.30. The first-order chi connectivity index (χ1) is 13.9. The van der Waals surface area contributed by atoms with Gasteiger partial charge in [0.25, 0.3) is 0 Å². The predicted molar refractivity (Wildman–Crippen MR) is 93.5 cm³/mol. The van der Waals surface area contributed by atoms with Crippen molar-refractivity contribution in [3.63, 3.8) is 0 Å². The number of nitrogens with one attached hydrogen (secondary N) is 1. The van der Waals surface area contributed by atoms with Crippen LogP contribution in [0.5, 0.6) is 17.6 Å².